The lowest BCUT2D eigenvalue weighted by Crippen LogP contribution is -2.33. The predicted molar refractivity (Wildman–Crippen MR) is 66.7 cm³/mol. The molecule has 9 heteroatoms. The van der Waals surface area contributed by atoms with Crippen LogP contribution in [0.1, 0.15) is 0 Å². The molecule has 0 fully saturated rings. The maximum atomic E-state index is 10.6. The number of urea groups is 1. The average Bonchev–Trinajstić information content (AvgIpc) is 2.75. The average molecular weight is 265 g/mol. The highest BCUT2D eigenvalue weighted by Crippen LogP contribution is 2.23. The number of nitrogens with one attached hydrogen (secondary N) is 2. The van der Waals surface area contributed by atoms with Crippen molar-refractivity contribution in [3.63, 3.8) is 0 Å². The number of hydrogen-bond acceptors (Lipinski definition) is 6. The Labute approximate surface area is 106 Å². The summed E-state index contributed by atoms with van der Waals surface area (Å²) in [4.78, 5) is 24.6. The Balaban J connectivity index is 2.04. The van der Waals surface area contributed by atoms with Crippen LogP contribution in [0, 0.1) is 10.1 Å². The summed E-state index contributed by atoms with van der Waals surface area (Å²) in [6.07, 6.45) is 0. The number of fused-ring (bicyclic) bond motifs is 1. The fraction of sp³-hybridized carbons (Fsp3) is 0.200. The van der Waals surface area contributed by atoms with Crippen molar-refractivity contribution in [3.05, 3.63) is 28.3 Å². The molecule has 100 valence electrons. The van der Waals surface area contributed by atoms with Crippen LogP contribution in [0.4, 0.5) is 16.5 Å². The maximum absolute atomic E-state index is 10.6. The molecule has 0 aliphatic rings. The van der Waals surface area contributed by atoms with E-state index in [1.807, 2.05) is 0 Å². The molecule has 2 rings (SSSR count). The molecule has 0 aliphatic heterocycles. The number of anilines is 1. The van der Waals surface area contributed by atoms with Gasteiger partial charge in [-0.2, -0.15) is 4.98 Å². The van der Waals surface area contributed by atoms with Gasteiger partial charge in [0.1, 0.15) is 5.52 Å². The number of benzene rings is 1. The van der Waals surface area contributed by atoms with Gasteiger partial charge >= 0.3 is 6.03 Å². The van der Waals surface area contributed by atoms with E-state index in [0.29, 0.717) is 24.2 Å². The van der Waals surface area contributed by atoms with Gasteiger partial charge in [-0.1, -0.05) is 0 Å². The van der Waals surface area contributed by atoms with Crippen LogP contribution in [0.2, 0.25) is 0 Å². The van der Waals surface area contributed by atoms with Gasteiger partial charge in [-0.3, -0.25) is 10.1 Å². The zero-order valence-electron chi connectivity index (χ0n) is 9.75. The second-order valence-electron chi connectivity index (χ2n) is 3.65. The van der Waals surface area contributed by atoms with Crippen LogP contribution in [0.5, 0.6) is 0 Å². The molecular weight excluding hydrogens is 254 g/mol. The van der Waals surface area contributed by atoms with Gasteiger partial charge in [-0.25, -0.2) is 4.79 Å². The number of primary amides is 1. The van der Waals surface area contributed by atoms with E-state index in [1.54, 1.807) is 0 Å². The molecule has 0 atom stereocenters. The van der Waals surface area contributed by atoms with Gasteiger partial charge in [0.15, 0.2) is 5.58 Å². The summed E-state index contributed by atoms with van der Waals surface area (Å²) in [6, 6.07) is 3.75. The minimum atomic E-state index is -0.616. The van der Waals surface area contributed by atoms with Crippen molar-refractivity contribution in [2.24, 2.45) is 5.73 Å². The number of nitro groups is 1. The topological polar surface area (TPSA) is 136 Å². The van der Waals surface area contributed by atoms with Gasteiger partial charge in [0.05, 0.1) is 4.92 Å². The van der Waals surface area contributed by atoms with Crippen LogP contribution in [0.15, 0.2) is 22.6 Å². The first-order valence-electron chi connectivity index (χ1n) is 5.38. The summed E-state index contributed by atoms with van der Waals surface area (Å²) in [5.74, 6) is 0. The second-order valence-corrected chi connectivity index (χ2v) is 3.65. The minimum absolute atomic E-state index is 0.0530. The van der Waals surface area contributed by atoms with E-state index in [0.717, 1.165) is 0 Å². The summed E-state index contributed by atoms with van der Waals surface area (Å²) in [6.45, 7) is 0.687. The Kier molecular flexibility index (Phi) is 3.46. The molecule has 0 bridgehead atoms. The summed E-state index contributed by atoms with van der Waals surface area (Å²) >= 11 is 0. The van der Waals surface area contributed by atoms with Gasteiger partial charge in [0.2, 0.25) is 0 Å². The fourth-order valence-electron chi connectivity index (χ4n) is 1.46. The zero-order valence-corrected chi connectivity index (χ0v) is 9.75. The van der Waals surface area contributed by atoms with Crippen LogP contribution in [-0.4, -0.2) is 29.0 Å². The van der Waals surface area contributed by atoms with Crippen molar-refractivity contribution in [1.82, 2.24) is 10.3 Å². The number of non-ortho nitro benzene ring substituents is 1. The van der Waals surface area contributed by atoms with E-state index in [2.05, 4.69) is 15.6 Å². The highest BCUT2D eigenvalue weighted by atomic mass is 16.6. The molecule has 1 aromatic heterocycles. The number of carbonyl (C=O) groups is 1. The van der Waals surface area contributed by atoms with Crippen LogP contribution in [-0.2, 0) is 0 Å². The van der Waals surface area contributed by atoms with Crippen LogP contribution in [0.25, 0.3) is 11.1 Å². The summed E-state index contributed by atoms with van der Waals surface area (Å²) < 4.78 is 5.32. The SMILES string of the molecule is NC(=O)NCCNc1nc2cc([N+](=O)[O-])ccc2o1. The second kappa shape index (κ2) is 5.21. The van der Waals surface area contributed by atoms with Gasteiger partial charge < -0.3 is 20.8 Å². The van der Waals surface area contributed by atoms with Crippen LogP contribution in [0.3, 0.4) is 0 Å². The molecule has 0 saturated carbocycles. The molecule has 1 aromatic carbocycles. The van der Waals surface area contributed by atoms with Crippen LogP contribution < -0.4 is 16.4 Å². The quantitative estimate of drug-likeness (QED) is 0.415. The number of hydrogen-bond donors (Lipinski definition) is 3. The van der Waals surface area contributed by atoms with E-state index >= 15 is 0 Å². The van der Waals surface area contributed by atoms with Gasteiger partial charge in [-0.15, -0.1) is 0 Å². The Morgan fingerprint density at radius 3 is 2.95 bits per heavy atom. The predicted octanol–water partition coefficient (Wildman–Crippen LogP) is 0.816. The van der Waals surface area contributed by atoms with Crippen molar-refractivity contribution in [2.45, 2.75) is 0 Å². The van der Waals surface area contributed by atoms with Crippen molar-refractivity contribution >= 4 is 28.8 Å². The molecule has 0 spiro atoms. The molecule has 0 aliphatic carbocycles. The van der Waals surface area contributed by atoms with E-state index in [1.165, 1.54) is 18.2 Å². The molecular formula is C10H11N5O4. The molecule has 0 unspecified atom stereocenters. The summed E-state index contributed by atoms with van der Waals surface area (Å²) in [5.41, 5.74) is 5.67. The smallest absolute Gasteiger partial charge is 0.312 e. The van der Waals surface area contributed by atoms with Crippen molar-refractivity contribution in [3.8, 4) is 0 Å². The first kappa shape index (κ1) is 12.6. The number of carbonyl (C=O) groups excluding carboxylic acids is 1. The number of nitrogens with two attached hydrogens (primary N) is 1. The summed E-state index contributed by atoms with van der Waals surface area (Å²) in [5, 5.41) is 15.8. The third-order valence-corrected chi connectivity index (χ3v) is 2.28. The van der Waals surface area contributed by atoms with Crippen molar-refractivity contribution in [1.29, 1.82) is 0 Å². The number of nitro benzene ring substituents is 1. The van der Waals surface area contributed by atoms with Gasteiger partial charge in [0, 0.05) is 25.2 Å². The lowest BCUT2D eigenvalue weighted by Gasteiger charge is -2.01. The largest absolute Gasteiger partial charge is 0.424 e. The number of rotatable bonds is 5. The third kappa shape index (κ3) is 3.09. The Hall–Kier alpha value is -2.84. The van der Waals surface area contributed by atoms with E-state index in [9.17, 15) is 14.9 Å². The van der Waals surface area contributed by atoms with Crippen LogP contribution >= 0.6 is 0 Å². The molecule has 19 heavy (non-hydrogen) atoms. The lowest BCUT2D eigenvalue weighted by molar-refractivity contribution is -0.384. The molecule has 4 N–H and O–H groups in total. The molecule has 9 nitrogen and oxygen atoms in total. The fourth-order valence-corrected chi connectivity index (χ4v) is 1.46. The highest BCUT2D eigenvalue weighted by Gasteiger charge is 2.11. The molecule has 0 radical (unpaired) electrons. The van der Waals surface area contributed by atoms with E-state index < -0.39 is 11.0 Å². The molecule has 2 aromatic rings. The number of oxazole rings is 1. The van der Waals surface area contributed by atoms with Crippen molar-refractivity contribution in [2.75, 3.05) is 18.4 Å². The Morgan fingerprint density at radius 2 is 2.26 bits per heavy atom. The van der Waals surface area contributed by atoms with E-state index in [-0.39, 0.29) is 11.7 Å². The standard InChI is InChI=1S/C10H11N5O4/c11-9(16)12-3-4-13-10-14-7-5-6(15(17)18)1-2-8(7)19-10/h1-2,5H,3-4H2,(H,13,14)(H3,11,12,16). The van der Waals surface area contributed by atoms with Crippen molar-refractivity contribution < 1.29 is 14.1 Å². The Morgan fingerprint density at radius 1 is 1.47 bits per heavy atom. The van der Waals surface area contributed by atoms with Gasteiger partial charge in [-0.05, 0) is 6.07 Å². The number of aromatic nitrogens is 1. The van der Waals surface area contributed by atoms with E-state index in [4.69, 9.17) is 10.2 Å². The number of nitrogens with zero attached hydrogens (tertiary/aromatic N) is 2. The lowest BCUT2D eigenvalue weighted by atomic mass is 10.3. The monoisotopic (exact) mass is 265 g/mol. The highest BCUT2D eigenvalue weighted by molar-refractivity contribution is 5.77. The first-order chi connectivity index (χ1) is 9.06. The molecule has 0 saturated heterocycles. The first-order valence-corrected chi connectivity index (χ1v) is 5.38. The minimum Gasteiger partial charge on any atom is -0.424 e. The summed E-state index contributed by atoms with van der Waals surface area (Å²) in [7, 11) is 0. The van der Waals surface area contributed by atoms with Gasteiger partial charge in [0.25, 0.3) is 11.7 Å². The maximum Gasteiger partial charge on any atom is 0.312 e. The third-order valence-electron chi connectivity index (χ3n) is 2.28. The normalized spacial score (nSPS) is 10.3. The Bertz CT molecular complexity index is 623. The number of amides is 2. The zero-order chi connectivity index (χ0) is 13.8. The molecule has 1 heterocycles. The molecule has 2 amide bonds.